The van der Waals surface area contributed by atoms with Crippen molar-refractivity contribution in [3.63, 3.8) is 0 Å². The Kier molecular flexibility index (Phi) is 7.20. The Labute approximate surface area is 222 Å². The molecule has 1 N–H and O–H groups in total. The fourth-order valence-electron chi connectivity index (χ4n) is 5.13. The van der Waals surface area contributed by atoms with Gasteiger partial charge in [-0.25, -0.2) is 0 Å². The van der Waals surface area contributed by atoms with Crippen LogP contribution in [0.15, 0.2) is 42.7 Å². The summed E-state index contributed by atoms with van der Waals surface area (Å²) in [6, 6.07) is 10.1. The standard InChI is InChI=1S/C29H33N5O4/c1-19-14-25(20-2-3-20)26(32-29(35)21-4-7-30-31-18-21)17-24(19)22-15-27(34-8-12-37-13-9-34)33-28(16-22)38-23-5-10-36-11-6-23/h4,7,14-18,20,23H,2-3,5-6,8-13H2,1H3,(H,32,35). The Morgan fingerprint density at radius 1 is 1.00 bits per heavy atom. The van der Waals surface area contributed by atoms with Gasteiger partial charge in [-0.15, -0.1) is 0 Å². The molecule has 2 saturated heterocycles. The average molecular weight is 516 g/mol. The number of aryl methyl sites for hydroxylation is 1. The van der Waals surface area contributed by atoms with Crippen molar-refractivity contribution >= 4 is 17.4 Å². The number of benzene rings is 1. The summed E-state index contributed by atoms with van der Waals surface area (Å²) in [4.78, 5) is 20.2. The zero-order valence-electron chi connectivity index (χ0n) is 21.7. The molecule has 9 heteroatoms. The number of nitrogens with zero attached hydrogens (tertiary/aromatic N) is 4. The number of hydrogen-bond acceptors (Lipinski definition) is 8. The summed E-state index contributed by atoms with van der Waals surface area (Å²) in [6.45, 7) is 6.47. The number of anilines is 2. The van der Waals surface area contributed by atoms with E-state index in [0.29, 0.717) is 43.8 Å². The largest absolute Gasteiger partial charge is 0.474 e. The second-order valence-corrected chi connectivity index (χ2v) is 10.2. The van der Waals surface area contributed by atoms with E-state index in [1.165, 1.54) is 18.0 Å². The smallest absolute Gasteiger partial charge is 0.257 e. The van der Waals surface area contributed by atoms with Crippen LogP contribution in [0.25, 0.3) is 11.1 Å². The summed E-state index contributed by atoms with van der Waals surface area (Å²) < 4.78 is 17.5. The third-order valence-electron chi connectivity index (χ3n) is 7.40. The quantitative estimate of drug-likeness (QED) is 0.495. The minimum Gasteiger partial charge on any atom is -0.474 e. The Bertz CT molecular complexity index is 1290. The van der Waals surface area contributed by atoms with Crippen molar-refractivity contribution < 1.29 is 19.0 Å². The molecule has 6 rings (SSSR count). The van der Waals surface area contributed by atoms with E-state index in [-0.39, 0.29) is 12.0 Å². The molecule has 198 valence electrons. The van der Waals surface area contributed by atoms with Crippen molar-refractivity contribution in [2.24, 2.45) is 0 Å². The summed E-state index contributed by atoms with van der Waals surface area (Å²) in [7, 11) is 0. The van der Waals surface area contributed by atoms with Gasteiger partial charge in [-0.1, -0.05) is 6.07 Å². The maximum atomic E-state index is 13.0. The number of amides is 1. The molecule has 38 heavy (non-hydrogen) atoms. The predicted octanol–water partition coefficient (Wildman–Crippen LogP) is 4.37. The molecule has 1 amide bonds. The first kappa shape index (κ1) is 24.8. The molecular weight excluding hydrogens is 482 g/mol. The first-order valence-electron chi connectivity index (χ1n) is 13.5. The SMILES string of the molecule is Cc1cc(C2CC2)c(NC(=O)c2ccnnc2)cc1-c1cc(OC2CCOCC2)nc(N2CCOCC2)c1. The lowest BCUT2D eigenvalue weighted by atomic mass is 9.95. The Morgan fingerprint density at radius 3 is 2.53 bits per heavy atom. The van der Waals surface area contributed by atoms with Gasteiger partial charge < -0.3 is 24.4 Å². The number of nitrogens with one attached hydrogen (secondary N) is 1. The summed E-state index contributed by atoms with van der Waals surface area (Å²) in [5.41, 5.74) is 5.73. The minimum atomic E-state index is -0.191. The van der Waals surface area contributed by atoms with Gasteiger partial charge in [0, 0.05) is 37.7 Å². The molecule has 3 aromatic rings. The van der Waals surface area contributed by atoms with E-state index < -0.39 is 0 Å². The van der Waals surface area contributed by atoms with Crippen LogP contribution < -0.4 is 15.0 Å². The lowest BCUT2D eigenvalue weighted by molar-refractivity contribution is 0.0238. The topological polar surface area (TPSA) is 98.7 Å². The monoisotopic (exact) mass is 515 g/mol. The van der Waals surface area contributed by atoms with Gasteiger partial charge in [0.1, 0.15) is 11.9 Å². The lowest BCUT2D eigenvalue weighted by Crippen LogP contribution is -2.36. The maximum absolute atomic E-state index is 13.0. The zero-order valence-corrected chi connectivity index (χ0v) is 21.7. The van der Waals surface area contributed by atoms with Crippen LogP contribution in [-0.4, -0.2) is 66.7 Å². The van der Waals surface area contributed by atoms with E-state index in [9.17, 15) is 4.79 Å². The van der Waals surface area contributed by atoms with Gasteiger partial charge in [-0.3, -0.25) is 4.79 Å². The Hall–Kier alpha value is -3.56. The molecule has 0 radical (unpaired) electrons. The highest BCUT2D eigenvalue weighted by Crippen LogP contribution is 2.46. The van der Waals surface area contributed by atoms with Gasteiger partial charge in [0.15, 0.2) is 0 Å². The number of morpholine rings is 1. The fraction of sp³-hybridized carbons (Fsp3) is 0.448. The van der Waals surface area contributed by atoms with Crippen LogP contribution in [0.3, 0.4) is 0 Å². The Balaban J connectivity index is 1.37. The number of aromatic nitrogens is 3. The van der Waals surface area contributed by atoms with E-state index in [0.717, 1.165) is 67.0 Å². The van der Waals surface area contributed by atoms with Crippen LogP contribution >= 0.6 is 0 Å². The zero-order chi connectivity index (χ0) is 25.9. The maximum Gasteiger partial charge on any atom is 0.257 e. The number of ether oxygens (including phenoxy) is 3. The summed E-state index contributed by atoms with van der Waals surface area (Å²) in [5, 5.41) is 10.8. The van der Waals surface area contributed by atoms with Gasteiger partial charge in [0.25, 0.3) is 5.91 Å². The van der Waals surface area contributed by atoms with Gasteiger partial charge in [0.2, 0.25) is 5.88 Å². The highest BCUT2D eigenvalue weighted by Gasteiger charge is 2.28. The molecule has 3 aliphatic rings. The lowest BCUT2D eigenvalue weighted by Gasteiger charge is -2.29. The van der Waals surface area contributed by atoms with E-state index >= 15 is 0 Å². The number of carbonyl (C=O) groups is 1. The molecule has 0 unspecified atom stereocenters. The molecule has 2 aliphatic heterocycles. The summed E-state index contributed by atoms with van der Waals surface area (Å²) in [6.07, 6.45) is 7.09. The van der Waals surface area contributed by atoms with Crippen molar-refractivity contribution in [3.05, 3.63) is 59.4 Å². The summed E-state index contributed by atoms with van der Waals surface area (Å²) in [5.74, 6) is 1.79. The fourth-order valence-corrected chi connectivity index (χ4v) is 5.13. The number of pyridine rings is 1. The highest BCUT2D eigenvalue weighted by molar-refractivity contribution is 6.05. The number of rotatable bonds is 7. The van der Waals surface area contributed by atoms with Crippen molar-refractivity contribution in [2.75, 3.05) is 49.7 Å². The molecule has 0 spiro atoms. The van der Waals surface area contributed by atoms with Crippen LogP contribution in [0, 0.1) is 6.92 Å². The van der Waals surface area contributed by atoms with E-state index in [1.54, 1.807) is 6.07 Å². The summed E-state index contributed by atoms with van der Waals surface area (Å²) >= 11 is 0. The third-order valence-corrected chi connectivity index (χ3v) is 7.40. The number of hydrogen-bond donors (Lipinski definition) is 1. The first-order chi connectivity index (χ1) is 18.6. The minimum absolute atomic E-state index is 0.0891. The molecule has 2 aromatic heterocycles. The molecule has 1 aromatic carbocycles. The van der Waals surface area contributed by atoms with Crippen LogP contribution in [-0.2, 0) is 9.47 Å². The van der Waals surface area contributed by atoms with Gasteiger partial charge >= 0.3 is 0 Å². The van der Waals surface area contributed by atoms with Crippen LogP contribution in [0.1, 0.15) is 53.1 Å². The van der Waals surface area contributed by atoms with Crippen molar-refractivity contribution in [1.29, 1.82) is 0 Å². The molecular formula is C29H33N5O4. The first-order valence-corrected chi connectivity index (χ1v) is 13.5. The van der Waals surface area contributed by atoms with E-state index in [2.05, 4.69) is 45.5 Å². The normalized spacial score (nSPS) is 18.3. The molecule has 9 nitrogen and oxygen atoms in total. The molecule has 1 aliphatic carbocycles. The van der Waals surface area contributed by atoms with Gasteiger partial charge in [-0.2, -0.15) is 15.2 Å². The van der Waals surface area contributed by atoms with Gasteiger partial charge in [0.05, 0.1) is 44.4 Å². The van der Waals surface area contributed by atoms with Crippen molar-refractivity contribution in [2.45, 2.75) is 44.6 Å². The second-order valence-electron chi connectivity index (χ2n) is 10.2. The highest BCUT2D eigenvalue weighted by atomic mass is 16.5. The molecule has 4 heterocycles. The predicted molar refractivity (Wildman–Crippen MR) is 144 cm³/mol. The van der Waals surface area contributed by atoms with E-state index in [1.807, 2.05) is 6.07 Å². The average Bonchev–Trinajstić information content (AvgIpc) is 3.81. The van der Waals surface area contributed by atoms with Crippen molar-refractivity contribution in [3.8, 4) is 17.0 Å². The third kappa shape index (κ3) is 5.63. The molecule has 3 fully saturated rings. The number of carbonyl (C=O) groups excluding carboxylic acids is 1. The molecule has 0 atom stereocenters. The molecule has 0 bridgehead atoms. The molecule has 1 saturated carbocycles. The van der Waals surface area contributed by atoms with Crippen molar-refractivity contribution in [1.82, 2.24) is 15.2 Å². The van der Waals surface area contributed by atoms with Crippen LogP contribution in [0.5, 0.6) is 5.88 Å². The van der Waals surface area contributed by atoms with E-state index in [4.69, 9.17) is 19.2 Å². The van der Waals surface area contributed by atoms with Crippen LogP contribution in [0.2, 0.25) is 0 Å². The Morgan fingerprint density at radius 2 is 1.79 bits per heavy atom. The van der Waals surface area contributed by atoms with Crippen LogP contribution in [0.4, 0.5) is 11.5 Å². The van der Waals surface area contributed by atoms with Gasteiger partial charge in [-0.05, 0) is 66.1 Å². The second kappa shape index (κ2) is 11.0.